The van der Waals surface area contributed by atoms with Crippen LogP contribution in [-0.2, 0) is 57.9 Å². The summed E-state index contributed by atoms with van der Waals surface area (Å²) in [5.41, 5.74) is 30.7. The minimum Gasteiger partial charge on any atom is -0.349 e. The number of rotatable bonds is 10. The second kappa shape index (κ2) is 24.0. The van der Waals surface area contributed by atoms with Gasteiger partial charge >= 0.3 is 0 Å². The molecule has 5 aliphatic carbocycles. The molecular weight excluding hydrogens is 1100 g/mol. The Bertz CT molecular complexity index is 4250. The second-order valence-electron chi connectivity index (χ2n) is 25.7. The van der Waals surface area contributed by atoms with E-state index in [0.29, 0.717) is 30.6 Å². The van der Waals surface area contributed by atoms with Gasteiger partial charge in [0.1, 0.15) is 36.4 Å². The van der Waals surface area contributed by atoms with Crippen LogP contribution in [0.1, 0.15) is 128 Å². The fourth-order valence-electron chi connectivity index (χ4n) is 16.0. The van der Waals surface area contributed by atoms with Gasteiger partial charge < -0.3 is 14.7 Å². The molecule has 3 atom stereocenters. The van der Waals surface area contributed by atoms with Gasteiger partial charge in [0.25, 0.3) is 0 Å². The predicted octanol–water partition coefficient (Wildman–Crippen LogP) is 15.1. The van der Waals surface area contributed by atoms with Crippen molar-refractivity contribution in [2.24, 2.45) is 4.99 Å². The molecule has 0 spiro atoms. The van der Waals surface area contributed by atoms with Gasteiger partial charge in [-0.1, -0.05) is 196 Å². The molecule has 10 heteroatoms. The minimum atomic E-state index is 0.307. The Labute approximate surface area is 529 Å². The van der Waals surface area contributed by atoms with Crippen molar-refractivity contribution >= 4 is 52.5 Å². The number of aromatic nitrogens is 6. The van der Waals surface area contributed by atoms with Gasteiger partial charge in [0, 0.05) is 49.8 Å². The predicted molar refractivity (Wildman–Crippen MR) is 366 cm³/mol. The highest BCUT2D eigenvalue weighted by atomic mass is 15.2. The summed E-state index contributed by atoms with van der Waals surface area (Å²) in [4.78, 5) is 39.9. The minimum absolute atomic E-state index is 0.307. The molecule has 18 rings (SSSR count). The lowest BCUT2D eigenvalue weighted by molar-refractivity contribution is 0.617. The first-order valence-corrected chi connectivity index (χ1v) is 32.7. The fourth-order valence-corrected chi connectivity index (χ4v) is 16.0. The summed E-state index contributed by atoms with van der Waals surface area (Å²) >= 11 is 0. The third kappa shape index (κ3) is 10.4. The Hall–Kier alpha value is -9.67. The first kappa shape index (κ1) is 55.6. The third-order valence-electron chi connectivity index (χ3n) is 20.4. The van der Waals surface area contributed by atoms with Crippen molar-refractivity contribution in [1.29, 1.82) is 0 Å². The number of hydrogen-bond acceptors (Lipinski definition) is 10. The summed E-state index contributed by atoms with van der Waals surface area (Å²) in [6.07, 6.45) is 27.2. The molecule has 3 aromatic heterocycles. The monoisotopic (exact) mass is 1170 g/mol. The van der Waals surface area contributed by atoms with E-state index < -0.39 is 0 Å². The summed E-state index contributed by atoms with van der Waals surface area (Å²) < 4.78 is 0. The van der Waals surface area contributed by atoms with Crippen molar-refractivity contribution in [3.05, 3.63) is 295 Å². The number of hydrogen-bond donors (Lipinski definition) is 0. The molecule has 10 nitrogen and oxygen atoms in total. The average molecular weight is 1180 g/mol. The van der Waals surface area contributed by atoms with Crippen LogP contribution in [0.5, 0.6) is 0 Å². The smallest absolute Gasteiger partial charge is 0.141 e. The SMILES string of the molecule is C1=Cc2c(ncnc2N2CCC3=C(Cc4ccccc43)C2Cc2ccccc2)C1.C1=NCc2ncnc(N3CCC4=C(Cc5ccccc54)C3Cc3ccccc3)c21.CC(C)c1cccc(CC2C3=C(CCN2c2ncnc4c2C=CC4)c2ccccc2C3)c1. The normalized spacial score (nSPS) is 19.1. The van der Waals surface area contributed by atoms with Crippen LogP contribution in [-0.4, -0.2) is 73.9 Å². The van der Waals surface area contributed by atoms with Crippen molar-refractivity contribution in [1.82, 2.24) is 29.9 Å². The highest BCUT2D eigenvalue weighted by molar-refractivity contribution is 5.91. The quantitative estimate of drug-likeness (QED) is 0.133. The highest BCUT2D eigenvalue weighted by Crippen LogP contribution is 2.47. The van der Waals surface area contributed by atoms with Crippen LogP contribution in [0.4, 0.5) is 17.5 Å². The maximum atomic E-state index is 4.82. The molecule has 4 aliphatic heterocycles. The van der Waals surface area contributed by atoms with Gasteiger partial charge in [-0.25, -0.2) is 29.9 Å². The van der Waals surface area contributed by atoms with Crippen LogP contribution in [0.25, 0.3) is 28.9 Å². The first-order chi connectivity index (χ1) is 44.5. The van der Waals surface area contributed by atoms with Crippen LogP contribution < -0.4 is 14.7 Å². The van der Waals surface area contributed by atoms with Gasteiger partial charge in [0.05, 0.1) is 47.3 Å². The number of nitrogens with zero attached hydrogens (tertiary/aromatic N) is 10. The third-order valence-corrected chi connectivity index (χ3v) is 20.4. The molecule has 3 unspecified atom stereocenters. The summed E-state index contributed by atoms with van der Waals surface area (Å²) in [5, 5.41) is 0. The lowest BCUT2D eigenvalue weighted by Gasteiger charge is -2.39. The molecule has 0 fully saturated rings. The summed E-state index contributed by atoms with van der Waals surface area (Å²) in [6, 6.07) is 58.7. The molecule has 0 N–H and O–H groups in total. The van der Waals surface area contributed by atoms with Crippen LogP contribution in [0.2, 0.25) is 0 Å². The Morgan fingerprint density at radius 2 is 0.811 bits per heavy atom. The molecule has 6 aromatic carbocycles. The van der Waals surface area contributed by atoms with Crippen LogP contribution >= 0.6 is 0 Å². The van der Waals surface area contributed by atoms with Crippen molar-refractivity contribution in [2.75, 3.05) is 34.3 Å². The van der Waals surface area contributed by atoms with Gasteiger partial charge in [0.15, 0.2) is 0 Å². The Kier molecular flexibility index (Phi) is 14.9. The molecule has 0 radical (unpaired) electrons. The van der Waals surface area contributed by atoms with E-state index in [4.69, 9.17) is 15.0 Å². The summed E-state index contributed by atoms with van der Waals surface area (Å²) in [7, 11) is 0. The Morgan fingerprint density at radius 1 is 0.411 bits per heavy atom. The van der Waals surface area contributed by atoms with E-state index >= 15 is 0 Å². The van der Waals surface area contributed by atoms with Crippen LogP contribution in [0.15, 0.2) is 211 Å². The lowest BCUT2D eigenvalue weighted by atomic mass is 9.87. The van der Waals surface area contributed by atoms with Gasteiger partial charge in [-0.3, -0.25) is 4.99 Å². The van der Waals surface area contributed by atoms with Gasteiger partial charge in [-0.05, 0) is 153 Å². The zero-order valence-corrected chi connectivity index (χ0v) is 51.5. The van der Waals surface area contributed by atoms with E-state index in [1.54, 1.807) is 52.4 Å². The van der Waals surface area contributed by atoms with Crippen molar-refractivity contribution < 1.29 is 0 Å². The molecule has 9 aromatic rings. The number of allylic oxidation sites excluding steroid dienone is 2. The molecule has 90 heavy (non-hydrogen) atoms. The summed E-state index contributed by atoms with van der Waals surface area (Å²) in [6.45, 7) is 8.19. The molecule has 0 saturated carbocycles. The van der Waals surface area contributed by atoms with E-state index in [0.717, 1.165) is 130 Å². The zero-order chi connectivity index (χ0) is 60.1. The van der Waals surface area contributed by atoms with Crippen molar-refractivity contribution in [3.63, 3.8) is 0 Å². The molecule has 0 bridgehead atoms. The molecule has 9 aliphatic rings. The molecular formula is C80H74N10. The summed E-state index contributed by atoms with van der Waals surface area (Å²) in [5.74, 6) is 3.79. The Balaban J connectivity index is 0.000000108. The van der Waals surface area contributed by atoms with E-state index in [1.165, 1.54) is 66.8 Å². The largest absolute Gasteiger partial charge is 0.349 e. The highest BCUT2D eigenvalue weighted by Gasteiger charge is 2.40. The number of aliphatic imine (C=N–C) groups is 1. The lowest BCUT2D eigenvalue weighted by Crippen LogP contribution is -2.43. The zero-order valence-electron chi connectivity index (χ0n) is 51.5. The number of benzene rings is 6. The average Bonchev–Trinajstić information content (AvgIpc) is 1.70. The van der Waals surface area contributed by atoms with E-state index in [-0.39, 0.29) is 0 Å². The standard InChI is InChI=1S/C29H29N3.C26H23N3.C25H22N4/c1-19(2)21-9-5-7-20(15-21)16-28-26-17-22-8-3-4-10-23(22)24(26)13-14-32(28)29-25-11-6-12-27(25)30-18-31-29;1-2-7-18(8-3-1)15-25-23-16-19-9-4-5-10-20(19)21(23)13-14-29(25)26-22-11-6-12-24(22)27-17-28-26;1-2-6-17(7-3-1)12-24-21-13-18-8-4-5-9-19(18)20(21)10-11-29(24)25-22-14-26-15-23(22)27-16-28-25/h3-11,15,18-19,28H,12-14,16-17H2,1-2H3;1-11,17,25H,12-16H2;1-9,14,16,24H,10-13,15H2. The van der Waals surface area contributed by atoms with Crippen LogP contribution in [0.3, 0.4) is 0 Å². The van der Waals surface area contributed by atoms with Gasteiger partial charge in [0.2, 0.25) is 0 Å². The van der Waals surface area contributed by atoms with E-state index in [9.17, 15) is 0 Å². The van der Waals surface area contributed by atoms with Gasteiger partial charge in [-0.15, -0.1) is 0 Å². The van der Waals surface area contributed by atoms with Gasteiger partial charge in [-0.2, -0.15) is 0 Å². The first-order valence-electron chi connectivity index (χ1n) is 32.7. The number of fused-ring (bicyclic) bond motifs is 9. The molecule has 7 heterocycles. The van der Waals surface area contributed by atoms with Crippen molar-refractivity contribution in [3.8, 4) is 0 Å². The fraction of sp³-hybridized carbons (Fsp3) is 0.263. The number of anilines is 3. The van der Waals surface area contributed by atoms with E-state index in [1.807, 2.05) is 6.21 Å². The molecule has 0 saturated heterocycles. The Morgan fingerprint density at radius 3 is 1.27 bits per heavy atom. The molecule has 0 amide bonds. The topological polar surface area (TPSA) is 99.4 Å². The molecule has 444 valence electrons. The second-order valence-corrected chi connectivity index (χ2v) is 25.7. The van der Waals surface area contributed by atoms with Crippen molar-refractivity contribution in [2.45, 2.75) is 115 Å². The van der Waals surface area contributed by atoms with Crippen LogP contribution in [0, 0.1) is 0 Å². The maximum absolute atomic E-state index is 4.82. The maximum Gasteiger partial charge on any atom is 0.141 e. The van der Waals surface area contributed by atoms with E-state index in [2.05, 4.69) is 231 Å².